The molecule has 2 aromatic rings. The Morgan fingerprint density at radius 1 is 0.964 bits per heavy atom. The van der Waals surface area contributed by atoms with Crippen LogP contribution >= 0.6 is 0 Å². The molecule has 0 radical (unpaired) electrons. The smallest absolute Gasteiger partial charge is 0.243 e. The first-order chi connectivity index (χ1) is 13.1. The van der Waals surface area contributed by atoms with Crippen molar-refractivity contribution in [2.24, 2.45) is 0 Å². The lowest BCUT2D eigenvalue weighted by atomic mass is 10.0. The minimum absolute atomic E-state index is 0.119. The van der Waals surface area contributed by atoms with Gasteiger partial charge in [0, 0.05) is 13.3 Å². The third kappa shape index (κ3) is 5.40. The van der Waals surface area contributed by atoms with Crippen molar-refractivity contribution in [2.45, 2.75) is 29.2 Å². The van der Waals surface area contributed by atoms with Gasteiger partial charge in [-0.05, 0) is 36.2 Å². The molecule has 9 heteroatoms. The van der Waals surface area contributed by atoms with Gasteiger partial charge < -0.3 is 5.32 Å². The highest BCUT2D eigenvalue weighted by molar-refractivity contribution is 7.90. The van der Waals surface area contributed by atoms with E-state index in [-0.39, 0.29) is 22.4 Å². The molecular formula is C19H24N2O5S2. The van der Waals surface area contributed by atoms with Crippen LogP contribution in [0.5, 0.6) is 0 Å². The Hall–Kier alpha value is -2.23. The van der Waals surface area contributed by atoms with Gasteiger partial charge in [0.05, 0.1) is 22.4 Å². The van der Waals surface area contributed by atoms with E-state index in [4.69, 9.17) is 0 Å². The molecule has 0 aliphatic carbocycles. The molecule has 2 rings (SSSR count). The zero-order valence-electron chi connectivity index (χ0n) is 16.0. The summed E-state index contributed by atoms with van der Waals surface area (Å²) in [5, 5.41) is 2.80. The van der Waals surface area contributed by atoms with Crippen LogP contribution in [0, 0.1) is 0 Å². The average Bonchev–Trinajstić information content (AvgIpc) is 2.66. The molecule has 0 saturated heterocycles. The van der Waals surface area contributed by atoms with Gasteiger partial charge in [-0.25, -0.2) is 16.8 Å². The quantitative estimate of drug-likeness (QED) is 0.698. The number of likely N-dealkylation sites (N-methyl/N-ethyl adjacent to an activating group) is 1. The second kappa shape index (κ2) is 8.85. The van der Waals surface area contributed by atoms with Crippen LogP contribution in [0.4, 0.5) is 0 Å². The number of hydrogen-bond acceptors (Lipinski definition) is 5. The Labute approximate surface area is 166 Å². The summed E-state index contributed by atoms with van der Waals surface area (Å²) in [5.74, 6) is -0.443. The van der Waals surface area contributed by atoms with Gasteiger partial charge in [-0.3, -0.25) is 4.79 Å². The zero-order valence-corrected chi connectivity index (χ0v) is 17.6. The molecule has 152 valence electrons. The highest BCUT2D eigenvalue weighted by Gasteiger charge is 2.23. The summed E-state index contributed by atoms with van der Waals surface area (Å²) in [6.07, 6.45) is 1.70. The molecule has 28 heavy (non-hydrogen) atoms. The first-order valence-electron chi connectivity index (χ1n) is 8.66. The van der Waals surface area contributed by atoms with E-state index < -0.39 is 25.8 Å². The number of carbonyl (C=O) groups excluding carboxylic acids is 1. The molecule has 0 heterocycles. The predicted molar refractivity (Wildman–Crippen MR) is 107 cm³/mol. The van der Waals surface area contributed by atoms with Crippen LogP contribution in [0.1, 0.15) is 24.9 Å². The number of nitrogens with zero attached hydrogens (tertiary/aromatic N) is 1. The molecule has 7 nitrogen and oxygen atoms in total. The third-order valence-corrected chi connectivity index (χ3v) is 7.22. The fourth-order valence-corrected chi connectivity index (χ4v) is 4.45. The molecule has 0 aliphatic rings. The highest BCUT2D eigenvalue weighted by atomic mass is 32.2. The van der Waals surface area contributed by atoms with Crippen molar-refractivity contribution in [1.29, 1.82) is 0 Å². The van der Waals surface area contributed by atoms with Crippen molar-refractivity contribution < 1.29 is 21.6 Å². The number of hydrogen-bond donors (Lipinski definition) is 1. The van der Waals surface area contributed by atoms with Gasteiger partial charge in [0.15, 0.2) is 9.84 Å². The van der Waals surface area contributed by atoms with Crippen molar-refractivity contribution in [3.63, 3.8) is 0 Å². The number of sulfonamides is 1. The summed E-state index contributed by atoms with van der Waals surface area (Å²) in [5.41, 5.74) is 0.747. The van der Waals surface area contributed by atoms with Crippen LogP contribution in [0.15, 0.2) is 64.4 Å². The van der Waals surface area contributed by atoms with E-state index in [0.29, 0.717) is 6.42 Å². The van der Waals surface area contributed by atoms with Gasteiger partial charge in [0.2, 0.25) is 15.9 Å². The Bertz CT molecular complexity index is 1020. The summed E-state index contributed by atoms with van der Waals surface area (Å²) < 4.78 is 49.1. The van der Waals surface area contributed by atoms with E-state index in [9.17, 15) is 21.6 Å². The molecule has 0 unspecified atom stereocenters. The summed E-state index contributed by atoms with van der Waals surface area (Å²) in [6.45, 7) is 1.55. The second-order valence-electron chi connectivity index (χ2n) is 6.44. The van der Waals surface area contributed by atoms with Crippen LogP contribution in [-0.4, -0.2) is 46.9 Å². The molecule has 2 aromatic carbocycles. The van der Waals surface area contributed by atoms with Crippen LogP contribution in [0.25, 0.3) is 0 Å². The molecule has 0 spiro atoms. The number of carbonyl (C=O) groups is 1. The lowest BCUT2D eigenvalue weighted by Crippen LogP contribution is -2.39. The van der Waals surface area contributed by atoms with E-state index in [1.807, 2.05) is 6.92 Å². The van der Waals surface area contributed by atoms with E-state index in [1.165, 1.54) is 31.3 Å². The predicted octanol–water partition coefficient (Wildman–Crippen LogP) is 1.98. The fourth-order valence-electron chi connectivity index (χ4n) is 2.67. The minimum Gasteiger partial charge on any atom is -0.348 e. The number of rotatable bonds is 8. The maximum absolute atomic E-state index is 12.5. The van der Waals surface area contributed by atoms with Crippen LogP contribution in [-0.2, 0) is 24.7 Å². The van der Waals surface area contributed by atoms with E-state index in [2.05, 4.69) is 5.32 Å². The van der Waals surface area contributed by atoms with E-state index in [1.54, 1.807) is 30.3 Å². The van der Waals surface area contributed by atoms with Gasteiger partial charge in [-0.1, -0.05) is 37.3 Å². The topological polar surface area (TPSA) is 101 Å². The lowest BCUT2D eigenvalue weighted by Gasteiger charge is -2.21. The van der Waals surface area contributed by atoms with Crippen LogP contribution < -0.4 is 5.32 Å². The Balaban J connectivity index is 2.08. The van der Waals surface area contributed by atoms with Gasteiger partial charge in [-0.2, -0.15) is 4.31 Å². The average molecular weight is 425 g/mol. The van der Waals surface area contributed by atoms with Crippen molar-refractivity contribution in [2.75, 3.05) is 19.8 Å². The van der Waals surface area contributed by atoms with Gasteiger partial charge in [0.25, 0.3) is 0 Å². The first-order valence-corrected chi connectivity index (χ1v) is 12.0. The largest absolute Gasteiger partial charge is 0.348 e. The van der Waals surface area contributed by atoms with Gasteiger partial charge in [-0.15, -0.1) is 0 Å². The van der Waals surface area contributed by atoms with Crippen molar-refractivity contribution in [1.82, 2.24) is 9.62 Å². The summed E-state index contributed by atoms with van der Waals surface area (Å²) >= 11 is 0. The van der Waals surface area contributed by atoms with Crippen molar-refractivity contribution >= 4 is 25.8 Å². The van der Waals surface area contributed by atoms with Crippen LogP contribution in [0.3, 0.4) is 0 Å². The molecular weight excluding hydrogens is 400 g/mol. The molecule has 1 N–H and O–H groups in total. The minimum atomic E-state index is -3.76. The second-order valence-corrected chi connectivity index (χ2v) is 10.5. The molecule has 1 atom stereocenters. The highest BCUT2D eigenvalue weighted by Crippen LogP contribution is 2.19. The lowest BCUT2D eigenvalue weighted by molar-refractivity contribution is -0.121. The Morgan fingerprint density at radius 2 is 1.54 bits per heavy atom. The molecule has 0 aromatic heterocycles. The standard InChI is InChI=1S/C19H24N2O5S2/c1-4-18(15-10-12-16(13-11-15)27(3,23)24)20-19(22)14-21(2)28(25,26)17-8-6-5-7-9-17/h5-13,18H,4,14H2,1-3H3,(H,20,22)/t18-/m1/s1. The summed E-state index contributed by atoms with van der Waals surface area (Å²) in [6, 6.07) is 13.8. The number of benzene rings is 2. The molecule has 0 aliphatic heterocycles. The van der Waals surface area contributed by atoms with Gasteiger partial charge in [0.1, 0.15) is 0 Å². The van der Waals surface area contributed by atoms with Crippen molar-refractivity contribution in [3.8, 4) is 0 Å². The first kappa shape index (κ1) is 22.1. The fraction of sp³-hybridized carbons (Fsp3) is 0.316. The summed E-state index contributed by atoms with van der Waals surface area (Å²) in [7, 11) is -5.70. The maximum Gasteiger partial charge on any atom is 0.243 e. The van der Waals surface area contributed by atoms with E-state index >= 15 is 0 Å². The molecule has 1 amide bonds. The van der Waals surface area contributed by atoms with Crippen LogP contribution in [0.2, 0.25) is 0 Å². The normalized spacial score (nSPS) is 13.3. The Kier molecular flexibility index (Phi) is 6.97. The number of nitrogens with one attached hydrogen (secondary N) is 1. The number of amides is 1. The number of sulfone groups is 1. The summed E-state index contributed by atoms with van der Waals surface area (Å²) in [4.78, 5) is 12.7. The SMILES string of the molecule is CC[C@@H](NC(=O)CN(C)S(=O)(=O)c1ccccc1)c1ccc(S(C)(=O)=O)cc1. The molecule has 0 fully saturated rings. The molecule has 0 bridgehead atoms. The monoisotopic (exact) mass is 424 g/mol. The zero-order chi connectivity index (χ0) is 20.9. The van der Waals surface area contributed by atoms with E-state index in [0.717, 1.165) is 16.1 Å². The molecule has 0 saturated carbocycles. The van der Waals surface area contributed by atoms with Gasteiger partial charge >= 0.3 is 0 Å². The Morgan fingerprint density at radius 3 is 2.04 bits per heavy atom. The van der Waals surface area contributed by atoms with Crippen molar-refractivity contribution in [3.05, 3.63) is 60.2 Å². The maximum atomic E-state index is 12.5. The third-order valence-electron chi connectivity index (χ3n) is 4.27.